The van der Waals surface area contributed by atoms with Crippen LogP contribution in [0.4, 0.5) is 0 Å². The number of carboxylic acid groups (broad SMARTS) is 1. The van der Waals surface area contributed by atoms with Crippen LogP contribution >= 0.6 is 23.2 Å². The van der Waals surface area contributed by atoms with Crippen molar-refractivity contribution in [2.24, 2.45) is 0 Å². The zero-order chi connectivity index (χ0) is 18.2. The van der Waals surface area contributed by atoms with Gasteiger partial charge in [0, 0.05) is 16.6 Å². The molecule has 0 saturated heterocycles. The summed E-state index contributed by atoms with van der Waals surface area (Å²) >= 11 is 11.7. The van der Waals surface area contributed by atoms with Crippen molar-refractivity contribution >= 4 is 39.2 Å². The number of benzene rings is 2. The SMILES string of the molecule is O=C(O)C1=CCN(S(=O)(=O)c2ccc(Cl)cc2)C1c1ccc(Cl)cc1. The van der Waals surface area contributed by atoms with Gasteiger partial charge >= 0.3 is 5.97 Å². The molecule has 5 nitrogen and oxygen atoms in total. The number of sulfonamides is 1. The van der Waals surface area contributed by atoms with Gasteiger partial charge in [-0.1, -0.05) is 41.4 Å². The minimum Gasteiger partial charge on any atom is -0.478 e. The van der Waals surface area contributed by atoms with Gasteiger partial charge in [-0.05, 0) is 42.0 Å². The Morgan fingerprint density at radius 2 is 1.52 bits per heavy atom. The molecule has 0 radical (unpaired) electrons. The maximum atomic E-state index is 13.0. The number of carbonyl (C=O) groups is 1. The standard InChI is InChI=1S/C17H13Cl2NO4S/c18-12-3-1-11(2-4-12)16-15(17(21)22)9-10-20(16)25(23,24)14-7-5-13(19)6-8-14/h1-9,16H,10H2,(H,21,22). The van der Waals surface area contributed by atoms with Gasteiger partial charge in [0.2, 0.25) is 10.0 Å². The van der Waals surface area contributed by atoms with Crippen LogP contribution < -0.4 is 0 Å². The maximum absolute atomic E-state index is 13.0. The van der Waals surface area contributed by atoms with Crippen LogP contribution in [-0.4, -0.2) is 30.3 Å². The molecule has 1 N–H and O–H groups in total. The largest absolute Gasteiger partial charge is 0.478 e. The van der Waals surface area contributed by atoms with Crippen LogP contribution in [0.2, 0.25) is 10.0 Å². The molecule has 2 aromatic carbocycles. The van der Waals surface area contributed by atoms with Gasteiger partial charge in [0.05, 0.1) is 16.5 Å². The van der Waals surface area contributed by atoms with E-state index in [4.69, 9.17) is 23.2 Å². The Morgan fingerprint density at radius 3 is 2.04 bits per heavy atom. The molecule has 0 spiro atoms. The van der Waals surface area contributed by atoms with Crippen LogP contribution in [0.25, 0.3) is 0 Å². The fourth-order valence-corrected chi connectivity index (χ4v) is 4.52. The summed E-state index contributed by atoms with van der Waals surface area (Å²) in [4.78, 5) is 11.6. The molecule has 8 heteroatoms. The number of carboxylic acids is 1. The Kier molecular flexibility index (Phi) is 4.88. The highest BCUT2D eigenvalue weighted by Gasteiger charge is 2.40. The molecule has 25 heavy (non-hydrogen) atoms. The highest BCUT2D eigenvalue weighted by Crippen LogP contribution is 2.38. The van der Waals surface area contributed by atoms with Crippen molar-refractivity contribution < 1.29 is 18.3 Å². The maximum Gasteiger partial charge on any atom is 0.333 e. The monoisotopic (exact) mass is 397 g/mol. The zero-order valence-electron chi connectivity index (χ0n) is 12.8. The van der Waals surface area contributed by atoms with E-state index in [-0.39, 0.29) is 17.0 Å². The van der Waals surface area contributed by atoms with Crippen LogP contribution in [0.5, 0.6) is 0 Å². The van der Waals surface area contributed by atoms with Crippen molar-refractivity contribution in [2.75, 3.05) is 6.54 Å². The Balaban J connectivity index is 2.06. The van der Waals surface area contributed by atoms with E-state index >= 15 is 0 Å². The van der Waals surface area contributed by atoms with Crippen molar-refractivity contribution in [3.63, 3.8) is 0 Å². The molecule has 1 unspecified atom stereocenters. The first-order chi connectivity index (χ1) is 11.8. The van der Waals surface area contributed by atoms with Crippen molar-refractivity contribution in [3.05, 3.63) is 75.8 Å². The molecule has 3 rings (SSSR count). The molecule has 1 aliphatic rings. The second kappa shape index (κ2) is 6.80. The summed E-state index contributed by atoms with van der Waals surface area (Å²) < 4.78 is 27.1. The first kappa shape index (κ1) is 17.9. The molecule has 130 valence electrons. The number of hydrogen-bond donors (Lipinski definition) is 1. The Hall–Kier alpha value is -1.86. The number of rotatable bonds is 4. The zero-order valence-corrected chi connectivity index (χ0v) is 15.1. The molecule has 0 saturated carbocycles. The normalized spacial score (nSPS) is 18.2. The fourth-order valence-electron chi connectivity index (χ4n) is 2.73. The second-order valence-corrected chi connectivity index (χ2v) is 8.21. The molecule has 0 aliphatic carbocycles. The predicted octanol–water partition coefficient (Wildman–Crippen LogP) is 3.75. The molecule has 1 heterocycles. The predicted molar refractivity (Wildman–Crippen MR) is 95.3 cm³/mol. The van der Waals surface area contributed by atoms with Crippen LogP contribution in [0.1, 0.15) is 11.6 Å². The van der Waals surface area contributed by atoms with Crippen LogP contribution in [0.3, 0.4) is 0 Å². The van der Waals surface area contributed by atoms with Crippen LogP contribution in [0.15, 0.2) is 65.1 Å². The van der Waals surface area contributed by atoms with E-state index in [2.05, 4.69) is 0 Å². The van der Waals surface area contributed by atoms with Gasteiger partial charge in [-0.15, -0.1) is 0 Å². The van der Waals surface area contributed by atoms with E-state index in [9.17, 15) is 18.3 Å². The van der Waals surface area contributed by atoms with Crippen LogP contribution in [0, 0.1) is 0 Å². The first-order valence-electron chi connectivity index (χ1n) is 7.27. The quantitative estimate of drug-likeness (QED) is 0.851. The lowest BCUT2D eigenvalue weighted by molar-refractivity contribution is -0.133. The summed E-state index contributed by atoms with van der Waals surface area (Å²) in [6, 6.07) is 11.3. The van der Waals surface area contributed by atoms with Gasteiger partial charge in [-0.3, -0.25) is 0 Å². The molecule has 0 fully saturated rings. The fraction of sp³-hybridized carbons (Fsp3) is 0.118. The lowest BCUT2D eigenvalue weighted by Gasteiger charge is -2.26. The molecular weight excluding hydrogens is 385 g/mol. The average molecular weight is 398 g/mol. The summed E-state index contributed by atoms with van der Waals surface area (Å²) in [7, 11) is -3.90. The van der Waals surface area contributed by atoms with E-state index in [1.165, 1.54) is 30.3 Å². The third kappa shape index (κ3) is 3.43. The van der Waals surface area contributed by atoms with Crippen molar-refractivity contribution in [1.82, 2.24) is 4.31 Å². The Morgan fingerprint density at radius 1 is 1.00 bits per heavy atom. The average Bonchev–Trinajstić information content (AvgIpc) is 3.02. The van der Waals surface area contributed by atoms with E-state index in [1.54, 1.807) is 24.3 Å². The number of nitrogens with zero attached hydrogens (tertiary/aromatic N) is 1. The summed E-state index contributed by atoms with van der Waals surface area (Å²) in [6.45, 7) is -0.0279. The van der Waals surface area contributed by atoms with Gasteiger partial charge in [0.25, 0.3) is 0 Å². The Labute approximate surface area is 155 Å². The molecule has 0 aromatic heterocycles. The van der Waals surface area contributed by atoms with Gasteiger partial charge in [0.1, 0.15) is 0 Å². The topological polar surface area (TPSA) is 74.7 Å². The molecular formula is C17H13Cl2NO4S. The van der Waals surface area contributed by atoms with E-state index in [0.717, 1.165) is 4.31 Å². The molecule has 0 amide bonds. The van der Waals surface area contributed by atoms with Crippen molar-refractivity contribution in [1.29, 1.82) is 0 Å². The minimum atomic E-state index is -3.90. The second-order valence-electron chi connectivity index (χ2n) is 5.45. The van der Waals surface area contributed by atoms with Crippen molar-refractivity contribution in [3.8, 4) is 0 Å². The summed E-state index contributed by atoms with van der Waals surface area (Å²) in [5, 5.41) is 10.4. The molecule has 1 atom stereocenters. The number of hydrogen-bond acceptors (Lipinski definition) is 3. The van der Waals surface area contributed by atoms with Crippen LogP contribution in [-0.2, 0) is 14.8 Å². The smallest absolute Gasteiger partial charge is 0.333 e. The van der Waals surface area contributed by atoms with Gasteiger partial charge in [-0.25, -0.2) is 13.2 Å². The van der Waals surface area contributed by atoms with Crippen molar-refractivity contribution in [2.45, 2.75) is 10.9 Å². The highest BCUT2D eigenvalue weighted by molar-refractivity contribution is 7.89. The summed E-state index contributed by atoms with van der Waals surface area (Å²) in [6.07, 6.45) is 1.41. The highest BCUT2D eigenvalue weighted by atomic mass is 35.5. The van der Waals surface area contributed by atoms with Gasteiger partial charge < -0.3 is 5.11 Å². The lowest BCUT2D eigenvalue weighted by Crippen LogP contribution is -2.33. The van der Waals surface area contributed by atoms with E-state index in [0.29, 0.717) is 15.6 Å². The first-order valence-corrected chi connectivity index (χ1v) is 9.46. The van der Waals surface area contributed by atoms with Gasteiger partial charge in [0.15, 0.2) is 0 Å². The van der Waals surface area contributed by atoms with E-state index in [1.807, 2.05) is 0 Å². The third-order valence-electron chi connectivity index (χ3n) is 3.93. The third-order valence-corrected chi connectivity index (χ3v) is 6.28. The molecule has 2 aromatic rings. The summed E-state index contributed by atoms with van der Waals surface area (Å²) in [5.41, 5.74) is 0.549. The molecule has 0 bridgehead atoms. The Bertz CT molecular complexity index is 938. The minimum absolute atomic E-state index is 0.0138. The number of halogens is 2. The summed E-state index contributed by atoms with van der Waals surface area (Å²) in [5.74, 6) is -1.16. The lowest BCUT2D eigenvalue weighted by atomic mass is 10.0. The van der Waals surface area contributed by atoms with Gasteiger partial charge in [-0.2, -0.15) is 4.31 Å². The molecule has 1 aliphatic heterocycles. The number of aliphatic carboxylic acids is 1. The van der Waals surface area contributed by atoms with E-state index < -0.39 is 22.0 Å².